The number of carbonyl (C=O) groups is 1. The Morgan fingerprint density at radius 2 is 1.48 bits per heavy atom. The van der Waals surface area contributed by atoms with Gasteiger partial charge < -0.3 is 13.9 Å². The average Bonchev–Trinajstić information content (AvgIpc) is 2.67. The smallest absolute Gasteiger partial charge is 0.342 e. The van der Waals surface area contributed by atoms with E-state index in [4.69, 9.17) is 9.15 Å². The van der Waals surface area contributed by atoms with E-state index in [-0.39, 0.29) is 5.63 Å². The maximum Gasteiger partial charge on any atom is 0.342 e. The van der Waals surface area contributed by atoms with Crippen LogP contribution in [0.15, 0.2) is 15.3 Å². The number of carbonyl (C=O) groups excluding carboxylic acids is 1. The fourth-order valence-corrected chi connectivity index (χ4v) is 3.39. The van der Waals surface area contributed by atoms with Gasteiger partial charge in [-0.2, -0.15) is 0 Å². The van der Waals surface area contributed by atoms with Crippen LogP contribution in [0, 0.1) is 0 Å². The molecule has 0 saturated carbocycles. The second-order valence-corrected chi connectivity index (χ2v) is 7.39. The van der Waals surface area contributed by atoms with E-state index in [2.05, 4.69) is 6.92 Å². The Bertz CT molecular complexity index is 562. The number of aryl methyl sites for hydroxylation is 1. The predicted octanol–water partition coefficient (Wildman–Crippen LogP) is 6.02. The van der Waals surface area contributed by atoms with Gasteiger partial charge in [0.1, 0.15) is 17.8 Å². The third-order valence-corrected chi connectivity index (χ3v) is 5.06. The van der Waals surface area contributed by atoms with E-state index in [1.165, 1.54) is 32.1 Å². The van der Waals surface area contributed by atoms with E-state index < -0.39 is 0 Å². The minimum atomic E-state index is -0.235. The fraction of sp³-hybridized carbons (Fsp3) is 0.739. The highest BCUT2D eigenvalue weighted by atomic mass is 16.5. The van der Waals surface area contributed by atoms with Gasteiger partial charge in [0.2, 0.25) is 0 Å². The number of hydrogen-bond acceptors (Lipinski definition) is 4. The zero-order valence-electron chi connectivity index (χ0n) is 17.4. The molecule has 0 amide bonds. The van der Waals surface area contributed by atoms with Crippen molar-refractivity contribution in [2.75, 3.05) is 7.11 Å². The molecule has 154 valence electrons. The number of ether oxygens (including phenoxy) is 1. The second kappa shape index (κ2) is 15.5. The molecule has 0 unspecified atom stereocenters. The van der Waals surface area contributed by atoms with Crippen LogP contribution in [0.4, 0.5) is 0 Å². The maximum absolute atomic E-state index is 12.4. The highest BCUT2D eigenvalue weighted by Gasteiger charge is 2.12. The van der Waals surface area contributed by atoms with Crippen LogP contribution >= 0.6 is 0 Å². The molecule has 4 nitrogen and oxygen atoms in total. The van der Waals surface area contributed by atoms with Crippen LogP contribution < -0.4 is 10.4 Å². The number of hydrogen-bond donors (Lipinski definition) is 0. The van der Waals surface area contributed by atoms with Gasteiger partial charge in [0.05, 0.1) is 12.7 Å². The molecular weight excluding hydrogens is 340 g/mol. The molecule has 0 radical (unpaired) electrons. The monoisotopic (exact) mass is 378 g/mol. The van der Waals surface area contributed by atoms with Gasteiger partial charge in [0.15, 0.2) is 0 Å². The molecule has 0 atom stereocenters. The largest absolute Gasteiger partial charge is 0.496 e. The van der Waals surface area contributed by atoms with E-state index in [0.29, 0.717) is 24.2 Å². The molecule has 0 aliphatic carbocycles. The van der Waals surface area contributed by atoms with Crippen LogP contribution in [0.2, 0.25) is 0 Å². The highest BCUT2D eigenvalue weighted by Crippen LogP contribution is 2.21. The van der Waals surface area contributed by atoms with Crippen molar-refractivity contribution in [2.45, 2.75) is 103 Å². The Kier molecular flexibility index (Phi) is 13.4. The van der Waals surface area contributed by atoms with Crippen molar-refractivity contribution < 1.29 is 13.9 Å². The van der Waals surface area contributed by atoms with Crippen molar-refractivity contribution in [2.24, 2.45) is 0 Å². The van der Waals surface area contributed by atoms with Gasteiger partial charge in [-0.3, -0.25) is 0 Å². The van der Waals surface area contributed by atoms with E-state index in [0.717, 1.165) is 63.4 Å². The molecule has 0 spiro atoms. The number of unbranched alkanes of at least 4 members (excludes halogenated alkanes) is 11. The first kappa shape index (κ1) is 23.5. The number of rotatable bonds is 17. The van der Waals surface area contributed by atoms with Crippen molar-refractivity contribution in [1.29, 1.82) is 0 Å². The first-order valence-electron chi connectivity index (χ1n) is 10.9. The van der Waals surface area contributed by atoms with E-state index in [1.807, 2.05) is 6.07 Å². The molecule has 0 aliphatic heterocycles. The van der Waals surface area contributed by atoms with Crippen molar-refractivity contribution in [3.63, 3.8) is 0 Å². The lowest BCUT2D eigenvalue weighted by Gasteiger charge is -2.09. The summed E-state index contributed by atoms with van der Waals surface area (Å²) in [6, 6.07) is 1.90. The second-order valence-electron chi connectivity index (χ2n) is 7.39. The van der Waals surface area contributed by atoms with Gasteiger partial charge >= 0.3 is 5.63 Å². The minimum absolute atomic E-state index is 0.235. The quantitative estimate of drug-likeness (QED) is 0.245. The Morgan fingerprint density at radius 1 is 0.889 bits per heavy atom. The summed E-state index contributed by atoms with van der Waals surface area (Å²) in [6.07, 6.45) is 16.9. The van der Waals surface area contributed by atoms with Crippen LogP contribution in [0.3, 0.4) is 0 Å². The van der Waals surface area contributed by atoms with Crippen LogP contribution in [0.1, 0.15) is 102 Å². The number of methoxy groups -OCH3 is 1. The molecule has 1 aromatic rings. The molecule has 4 heteroatoms. The molecule has 0 aliphatic rings. The summed E-state index contributed by atoms with van der Waals surface area (Å²) < 4.78 is 11.0. The Hall–Kier alpha value is -1.58. The van der Waals surface area contributed by atoms with Gasteiger partial charge in [-0.25, -0.2) is 4.79 Å². The Labute approximate surface area is 164 Å². The summed E-state index contributed by atoms with van der Waals surface area (Å²) in [4.78, 5) is 22.6. The van der Waals surface area contributed by atoms with Gasteiger partial charge in [-0.15, -0.1) is 0 Å². The molecule has 27 heavy (non-hydrogen) atoms. The van der Waals surface area contributed by atoms with Crippen molar-refractivity contribution >= 4 is 6.29 Å². The third-order valence-electron chi connectivity index (χ3n) is 5.06. The van der Waals surface area contributed by atoms with Crippen LogP contribution in [-0.4, -0.2) is 13.4 Å². The van der Waals surface area contributed by atoms with Gasteiger partial charge in [0.25, 0.3) is 0 Å². The summed E-state index contributed by atoms with van der Waals surface area (Å²) in [7, 11) is 1.62. The first-order chi connectivity index (χ1) is 13.2. The molecule has 0 fully saturated rings. The first-order valence-corrected chi connectivity index (χ1v) is 10.9. The van der Waals surface area contributed by atoms with Gasteiger partial charge in [0, 0.05) is 18.9 Å². The molecular formula is C23H38O4. The zero-order valence-corrected chi connectivity index (χ0v) is 17.4. The lowest BCUT2D eigenvalue weighted by Crippen LogP contribution is -2.11. The van der Waals surface area contributed by atoms with Crippen LogP contribution in [-0.2, 0) is 17.6 Å². The van der Waals surface area contributed by atoms with Gasteiger partial charge in [-0.05, 0) is 25.7 Å². The van der Waals surface area contributed by atoms with E-state index in [1.54, 1.807) is 7.11 Å². The summed E-state index contributed by atoms with van der Waals surface area (Å²) >= 11 is 0. The number of aldehydes is 1. The molecule has 0 aromatic carbocycles. The summed E-state index contributed by atoms with van der Waals surface area (Å²) in [6.45, 7) is 2.22. The molecule has 1 aromatic heterocycles. The summed E-state index contributed by atoms with van der Waals surface area (Å²) in [5.74, 6) is 1.42. The fourth-order valence-electron chi connectivity index (χ4n) is 3.39. The normalized spacial score (nSPS) is 10.9. The Balaban J connectivity index is 2.38. The topological polar surface area (TPSA) is 56.5 Å². The van der Waals surface area contributed by atoms with E-state index in [9.17, 15) is 9.59 Å². The maximum atomic E-state index is 12.4. The van der Waals surface area contributed by atoms with Crippen molar-refractivity contribution in [3.05, 3.63) is 27.8 Å². The predicted molar refractivity (Wildman–Crippen MR) is 111 cm³/mol. The zero-order chi connectivity index (χ0) is 19.7. The van der Waals surface area contributed by atoms with Crippen molar-refractivity contribution in [3.8, 4) is 5.75 Å². The van der Waals surface area contributed by atoms with Crippen LogP contribution in [0.5, 0.6) is 5.75 Å². The standard InChI is InChI=1S/C23H38O4/c1-3-4-5-6-10-13-16-20-19-22(26-2)21(23(25)27-20)17-14-11-8-7-9-12-15-18-24/h18-19H,3-17H2,1-2H3. The lowest BCUT2D eigenvalue weighted by atomic mass is 10.0. The SMILES string of the molecule is CCCCCCCCc1cc(OC)c(CCCCCCCCC=O)c(=O)o1. The third kappa shape index (κ3) is 10.4. The Morgan fingerprint density at radius 3 is 2.11 bits per heavy atom. The molecule has 0 saturated heterocycles. The molecule has 0 N–H and O–H groups in total. The molecule has 1 heterocycles. The molecule has 0 bridgehead atoms. The van der Waals surface area contributed by atoms with E-state index >= 15 is 0 Å². The summed E-state index contributed by atoms with van der Waals surface area (Å²) in [5.41, 5.74) is 0.437. The minimum Gasteiger partial charge on any atom is -0.496 e. The average molecular weight is 379 g/mol. The van der Waals surface area contributed by atoms with Crippen LogP contribution in [0.25, 0.3) is 0 Å². The highest BCUT2D eigenvalue weighted by molar-refractivity contribution is 5.48. The van der Waals surface area contributed by atoms with Crippen molar-refractivity contribution in [1.82, 2.24) is 0 Å². The molecule has 1 rings (SSSR count). The van der Waals surface area contributed by atoms with Gasteiger partial charge in [-0.1, -0.05) is 64.7 Å². The lowest BCUT2D eigenvalue weighted by molar-refractivity contribution is -0.107. The summed E-state index contributed by atoms with van der Waals surface area (Å²) in [5, 5.41) is 0.